The van der Waals surface area contributed by atoms with Gasteiger partial charge in [0.2, 0.25) is 0 Å². The van der Waals surface area contributed by atoms with E-state index in [0.29, 0.717) is 0 Å². The number of aryl methyl sites for hydroxylation is 1. The zero-order chi connectivity index (χ0) is 49.1. The number of nitrogens with zero attached hydrogens (tertiary/aromatic N) is 5. The summed E-state index contributed by atoms with van der Waals surface area (Å²) in [6, 6.07) is 90.3. The lowest BCUT2D eigenvalue weighted by molar-refractivity contribution is 0.857. The highest BCUT2D eigenvalue weighted by molar-refractivity contribution is 6.10. The van der Waals surface area contributed by atoms with Gasteiger partial charge in [-0.05, 0) is 165 Å². The van der Waals surface area contributed by atoms with Gasteiger partial charge in [-0.3, -0.25) is 0 Å². The molecule has 0 saturated heterocycles. The summed E-state index contributed by atoms with van der Waals surface area (Å²) >= 11 is 0. The van der Waals surface area contributed by atoms with E-state index < -0.39 is 0 Å². The Morgan fingerprint density at radius 1 is 0.397 bits per heavy atom. The minimum Gasteiger partial charge on any atom is -0.363 e. The Hall–Kier alpha value is -9.32. The fourth-order valence-electron chi connectivity index (χ4n) is 10.6. The van der Waals surface area contributed by atoms with Gasteiger partial charge in [0.05, 0.1) is 11.0 Å². The first-order valence-corrected chi connectivity index (χ1v) is 25.2. The molecule has 10 aromatic carbocycles. The third-order valence-electron chi connectivity index (χ3n) is 14.0. The SMILES string of the molecule is C/C=C\C=C/CN1Cc2ccccc2-c2cc(N(c3ccccc3)c3ccc(N(c4ccc(C)cc4)c4ccc(N(c5ccccc5)c5ccc6c(c5)c5ccccc5n6-c5ccccc5)cc4)cc3)ccc21. The Bertz CT molecular complexity index is 3750. The highest BCUT2D eigenvalue weighted by Gasteiger charge is 2.24. The zero-order valence-electron chi connectivity index (χ0n) is 41.1. The second kappa shape index (κ2) is 19.8. The molecule has 0 fully saturated rings. The molecule has 0 N–H and O–H groups in total. The van der Waals surface area contributed by atoms with Crippen LogP contribution < -0.4 is 19.6 Å². The van der Waals surface area contributed by atoms with Crippen molar-refractivity contribution < 1.29 is 0 Å². The molecule has 5 heteroatoms. The van der Waals surface area contributed by atoms with Crippen LogP contribution >= 0.6 is 0 Å². The molecule has 0 bridgehead atoms. The molecule has 5 nitrogen and oxygen atoms in total. The summed E-state index contributed by atoms with van der Waals surface area (Å²) in [5.74, 6) is 0. The summed E-state index contributed by atoms with van der Waals surface area (Å²) in [7, 11) is 0. The Balaban J connectivity index is 0.917. The summed E-state index contributed by atoms with van der Waals surface area (Å²) in [6.45, 7) is 5.90. The molecule has 0 saturated carbocycles. The molecule has 0 spiro atoms. The third kappa shape index (κ3) is 8.72. The molecule has 0 aliphatic carbocycles. The van der Waals surface area contributed by atoms with E-state index in [1.165, 1.54) is 49.7 Å². The van der Waals surface area contributed by atoms with Gasteiger partial charge in [0, 0.05) is 92.0 Å². The van der Waals surface area contributed by atoms with Crippen LogP contribution in [0, 0.1) is 6.92 Å². The monoisotopic (exact) mass is 941 g/mol. The Morgan fingerprint density at radius 3 is 1.48 bits per heavy atom. The number of hydrogen-bond acceptors (Lipinski definition) is 4. The van der Waals surface area contributed by atoms with Gasteiger partial charge in [0.1, 0.15) is 0 Å². The molecular weight excluding hydrogens is 887 g/mol. The number of fused-ring (bicyclic) bond motifs is 6. The van der Waals surface area contributed by atoms with E-state index in [1.54, 1.807) is 0 Å². The third-order valence-corrected chi connectivity index (χ3v) is 14.0. The quantitative estimate of drug-likeness (QED) is 0.107. The fraction of sp³-hybridized carbons (Fsp3) is 0.0588. The first-order chi connectivity index (χ1) is 36.1. The number of anilines is 10. The van der Waals surface area contributed by atoms with Gasteiger partial charge >= 0.3 is 0 Å². The number of benzene rings is 10. The Morgan fingerprint density at radius 2 is 0.863 bits per heavy atom. The summed E-state index contributed by atoms with van der Waals surface area (Å²) in [6.07, 6.45) is 8.54. The smallest absolute Gasteiger partial charge is 0.0542 e. The van der Waals surface area contributed by atoms with Crippen LogP contribution in [0.5, 0.6) is 0 Å². The molecule has 0 amide bonds. The van der Waals surface area contributed by atoms with E-state index in [0.717, 1.165) is 70.0 Å². The highest BCUT2D eigenvalue weighted by atomic mass is 15.2. The van der Waals surface area contributed by atoms with E-state index in [4.69, 9.17) is 0 Å². The molecule has 1 aromatic heterocycles. The largest absolute Gasteiger partial charge is 0.363 e. The number of para-hydroxylation sites is 4. The summed E-state index contributed by atoms with van der Waals surface area (Å²) in [4.78, 5) is 9.56. The summed E-state index contributed by atoms with van der Waals surface area (Å²) < 4.78 is 2.37. The van der Waals surface area contributed by atoms with Gasteiger partial charge in [-0.1, -0.05) is 139 Å². The lowest BCUT2D eigenvalue weighted by Crippen LogP contribution is -2.26. The second-order valence-electron chi connectivity index (χ2n) is 18.6. The zero-order valence-corrected chi connectivity index (χ0v) is 41.1. The topological polar surface area (TPSA) is 17.9 Å². The number of aromatic nitrogens is 1. The lowest BCUT2D eigenvalue weighted by atomic mass is 9.92. The van der Waals surface area contributed by atoms with Crippen molar-refractivity contribution in [3.63, 3.8) is 0 Å². The summed E-state index contributed by atoms with van der Waals surface area (Å²) in [5.41, 5.74) is 19.6. The Kier molecular flexibility index (Phi) is 12.2. The van der Waals surface area contributed by atoms with Crippen LogP contribution in [0.25, 0.3) is 38.6 Å². The predicted octanol–water partition coefficient (Wildman–Crippen LogP) is 18.6. The minimum atomic E-state index is 0.832. The van der Waals surface area contributed by atoms with Crippen molar-refractivity contribution in [3.8, 4) is 16.8 Å². The molecule has 73 heavy (non-hydrogen) atoms. The van der Waals surface area contributed by atoms with Crippen molar-refractivity contribution >= 4 is 78.7 Å². The maximum absolute atomic E-state index is 2.47. The molecule has 11 aromatic rings. The molecule has 0 radical (unpaired) electrons. The molecule has 352 valence electrons. The van der Waals surface area contributed by atoms with Crippen molar-refractivity contribution in [2.45, 2.75) is 20.4 Å². The van der Waals surface area contributed by atoms with Gasteiger partial charge in [0.15, 0.2) is 0 Å². The van der Waals surface area contributed by atoms with Crippen LogP contribution in [0.2, 0.25) is 0 Å². The average Bonchev–Trinajstić information content (AvgIpc) is 3.78. The molecule has 0 unspecified atom stereocenters. The molecule has 12 rings (SSSR count). The van der Waals surface area contributed by atoms with E-state index in [1.807, 2.05) is 0 Å². The van der Waals surface area contributed by atoms with Crippen molar-refractivity contribution in [2.24, 2.45) is 0 Å². The second-order valence-corrected chi connectivity index (χ2v) is 18.6. The van der Waals surface area contributed by atoms with Crippen LogP contribution in [-0.2, 0) is 6.54 Å². The van der Waals surface area contributed by atoms with Gasteiger partial charge < -0.3 is 24.2 Å². The van der Waals surface area contributed by atoms with Gasteiger partial charge in [-0.25, -0.2) is 0 Å². The predicted molar refractivity (Wildman–Crippen MR) is 310 cm³/mol. The van der Waals surface area contributed by atoms with E-state index in [9.17, 15) is 0 Å². The molecule has 0 atom stereocenters. The molecular formula is C68H55N5. The maximum Gasteiger partial charge on any atom is 0.0542 e. The fourth-order valence-corrected chi connectivity index (χ4v) is 10.6. The van der Waals surface area contributed by atoms with E-state index in [2.05, 4.69) is 311 Å². The van der Waals surface area contributed by atoms with E-state index >= 15 is 0 Å². The first kappa shape index (κ1) is 44.9. The molecule has 2 heterocycles. The first-order valence-electron chi connectivity index (χ1n) is 25.2. The van der Waals surface area contributed by atoms with Crippen LogP contribution in [0.4, 0.5) is 56.9 Å². The van der Waals surface area contributed by atoms with Crippen LogP contribution in [0.3, 0.4) is 0 Å². The van der Waals surface area contributed by atoms with Crippen LogP contribution in [-0.4, -0.2) is 11.1 Å². The standard InChI is InChI=1S/C68H55N5/c1-3-4-5-19-46-69-49-51-20-15-16-27-62(51)64-47-60(42-44-66(64)69)71(52-21-9-6-10-22-52)58-38-34-56(35-39-58)70(55-32-30-50(2)31-33-55)57-36-40-59(41-37-57)72(53-23-11-7-12-24-53)61-43-45-68-65(48-61)63-28-17-18-29-67(63)73(68)54-25-13-8-14-26-54/h3-45,47-48H,46,49H2,1-2H3/b4-3-,19-5-. The highest BCUT2D eigenvalue weighted by Crippen LogP contribution is 2.46. The van der Waals surface area contributed by atoms with Gasteiger partial charge in [0.25, 0.3) is 0 Å². The normalized spacial score (nSPS) is 12.1. The van der Waals surface area contributed by atoms with Crippen LogP contribution in [0.1, 0.15) is 18.1 Å². The summed E-state index contributed by atoms with van der Waals surface area (Å²) in [5, 5.41) is 2.43. The Labute approximate surface area is 428 Å². The van der Waals surface area contributed by atoms with Crippen molar-refractivity contribution in [1.82, 2.24) is 4.57 Å². The van der Waals surface area contributed by atoms with E-state index in [-0.39, 0.29) is 0 Å². The lowest BCUT2D eigenvalue weighted by Gasteiger charge is -2.34. The average molecular weight is 942 g/mol. The van der Waals surface area contributed by atoms with Crippen molar-refractivity contribution in [3.05, 3.63) is 284 Å². The molecule has 1 aliphatic rings. The number of rotatable bonds is 13. The van der Waals surface area contributed by atoms with Gasteiger partial charge in [-0.2, -0.15) is 0 Å². The van der Waals surface area contributed by atoms with Crippen molar-refractivity contribution in [2.75, 3.05) is 26.1 Å². The number of hydrogen-bond donors (Lipinski definition) is 0. The maximum atomic E-state index is 2.47. The van der Waals surface area contributed by atoms with Crippen molar-refractivity contribution in [1.29, 1.82) is 0 Å². The molecule has 1 aliphatic heterocycles. The minimum absolute atomic E-state index is 0.832. The van der Waals surface area contributed by atoms with Gasteiger partial charge in [-0.15, -0.1) is 0 Å². The van der Waals surface area contributed by atoms with Crippen LogP contribution in [0.15, 0.2) is 273 Å². The number of allylic oxidation sites excluding steroid dienone is 3.